The Labute approximate surface area is 400 Å². The highest BCUT2D eigenvalue weighted by Gasteiger charge is 2.40. The summed E-state index contributed by atoms with van der Waals surface area (Å²) >= 11 is 0. The Balaban J connectivity index is 0.855. The molecule has 3 saturated heterocycles. The summed E-state index contributed by atoms with van der Waals surface area (Å²) in [5.74, 6) is -1.37. The molecule has 1 atom stereocenters. The van der Waals surface area contributed by atoms with Crippen LogP contribution in [-0.4, -0.2) is 144 Å². The minimum atomic E-state index is -0.797. The van der Waals surface area contributed by atoms with Crippen molar-refractivity contribution < 1.29 is 32.7 Å². The van der Waals surface area contributed by atoms with Crippen LogP contribution in [-0.2, 0) is 14.4 Å². The molecule has 4 amide bonds. The lowest BCUT2D eigenvalue weighted by atomic mass is 9.86. The Hall–Kier alpha value is -6.97. The van der Waals surface area contributed by atoms with Crippen LogP contribution in [0, 0.1) is 23.0 Å². The van der Waals surface area contributed by atoms with Gasteiger partial charge < -0.3 is 24.8 Å². The maximum atomic E-state index is 14.9. The van der Waals surface area contributed by atoms with Crippen molar-refractivity contribution in [3.8, 4) is 22.9 Å². The van der Waals surface area contributed by atoms with Gasteiger partial charge in [-0.1, -0.05) is 25.5 Å². The molecule has 0 bridgehead atoms. The average molecular weight is 944 g/mol. The number of pyridine rings is 2. The molecule has 3 fully saturated rings. The molecule has 3 aromatic heterocycles. The lowest BCUT2D eigenvalue weighted by Crippen LogP contribution is -2.62. The maximum absolute atomic E-state index is 14.9. The Bertz CT molecular complexity index is 2650. The molecule has 18 heteroatoms. The van der Waals surface area contributed by atoms with Crippen LogP contribution in [0.1, 0.15) is 73.4 Å². The number of ether oxygens (including phenoxy) is 1. The quantitative estimate of drug-likeness (QED) is 0.117. The number of fused-ring (bicyclic) bond motifs is 1. The summed E-state index contributed by atoms with van der Waals surface area (Å²) in [6.45, 7) is 12.1. The third kappa shape index (κ3) is 11.3. The van der Waals surface area contributed by atoms with Gasteiger partial charge in [0.2, 0.25) is 18.2 Å². The molecule has 2 aromatic carbocycles. The lowest BCUT2D eigenvalue weighted by Gasteiger charge is -2.46. The lowest BCUT2D eigenvalue weighted by molar-refractivity contribution is -0.133. The van der Waals surface area contributed by atoms with Crippen molar-refractivity contribution in [1.82, 2.24) is 39.9 Å². The third-order valence-electron chi connectivity index (χ3n) is 13.7. The molecule has 3 aliphatic heterocycles. The van der Waals surface area contributed by atoms with E-state index in [0.717, 1.165) is 79.0 Å². The number of nitrogens with one attached hydrogen (secondary N) is 2. The first-order chi connectivity index (χ1) is 33.5. The van der Waals surface area contributed by atoms with Gasteiger partial charge >= 0.3 is 0 Å². The number of hydrogen-bond donors (Lipinski definition) is 2. The normalized spacial score (nSPS) is 17.0. The first-order valence-corrected chi connectivity index (χ1v) is 23.8. The van der Waals surface area contributed by atoms with Crippen molar-refractivity contribution in [1.29, 1.82) is 5.26 Å². The van der Waals surface area contributed by atoms with Crippen molar-refractivity contribution in [2.24, 2.45) is 0 Å². The highest BCUT2D eigenvalue weighted by molar-refractivity contribution is 5.95. The molecule has 2 N–H and O–H groups in total. The number of carbonyl (C=O) groups excluding carboxylic acids is 4. The minimum Gasteiger partial charge on any atom is -0.492 e. The summed E-state index contributed by atoms with van der Waals surface area (Å²) in [7, 11) is 0. The number of hydrogen-bond acceptors (Lipinski definition) is 12. The van der Waals surface area contributed by atoms with E-state index in [2.05, 4.69) is 41.4 Å². The average Bonchev–Trinajstić information content (AvgIpc) is 3.79. The van der Waals surface area contributed by atoms with Gasteiger partial charge in [-0.2, -0.15) is 10.4 Å². The molecule has 0 saturated carbocycles. The maximum Gasteiger partial charge on any atom is 0.254 e. The summed E-state index contributed by atoms with van der Waals surface area (Å²) in [5.41, 5.74) is 3.49. The van der Waals surface area contributed by atoms with Gasteiger partial charge in [0.1, 0.15) is 29.3 Å². The number of nitriles is 1. The highest BCUT2D eigenvalue weighted by Crippen LogP contribution is 2.33. The molecule has 3 aliphatic rings. The number of amides is 4. The van der Waals surface area contributed by atoms with E-state index < -0.39 is 23.1 Å². The fourth-order valence-corrected chi connectivity index (χ4v) is 9.88. The summed E-state index contributed by atoms with van der Waals surface area (Å²) in [6.07, 6.45) is 8.38. The number of carbonyl (C=O) groups is 4. The van der Waals surface area contributed by atoms with E-state index in [9.17, 15) is 33.2 Å². The predicted octanol–water partition coefficient (Wildman–Crippen LogP) is 5.23. The number of rotatable bonds is 17. The van der Waals surface area contributed by atoms with Gasteiger partial charge in [0, 0.05) is 108 Å². The number of anilines is 2. The second kappa shape index (κ2) is 22.0. The van der Waals surface area contributed by atoms with Gasteiger partial charge in [-0.05, 0) is 80.3 Å². The van der Waals surface area contributed by atoms with E-state index in [1.54, 1.807) is 16.9 Å². The van der Waals surface area contributed by atoms with Crippen LogP contribution in [0.15, 0.2) is 79.3 Å². The smallest absolute Gasteiger partial charge is 0.254 e. The molecule has 0 spiro atoms. The number of aromatic nitrogens is 3. The number of halogens is 2. The van der Waals surface area contributed by atoms with Crippen molar-refractivity contribution in [3.05, 3.63) is 108 Å². The van der Waals surface area contributed by atoms with Gasteiger partial charge in [-0.3, -0.25) is 34.3 Å². The number of benzene rings is 2. The fraction of sp³-hybridized carbons (Fsp3) is 0.431. The zero-order chi connectivity index (χ0) is 48.5. The molecule has 362 valence electrons. The molecule has 69 heavy (non-hydrogen) atoms. The van der Waals surface area contributed by atoms with E-state index in [4.69, 9.17) is 9.72 Å². The van der Waals surface area contributed by atoms with Gasteiger partial charge in [0.25, 0.3) is 5.91 Å². The Morgan fingerprint density at radius 2 is 1.62 bits per heavy atom. The van der Waals surface area contributed by atoms with E-state index in [-0.39, 0.29) is 23.3 Å². The number of nitrogens with zero attached hydrogens (tertiary/aromatic N) is 9. The minimum absolute atomic E-state index is 0.103. The summed E-state index contributed by atoms with van der Waals surface area (Å²) in [5, 5.41) is 19.6. The molecule has 8 rings (SSSR count). The van der Waals surface area contributed by atoms with Gasteiger partial charge in [-0.25, -0.2) is 18.3 Å². The number of piperazine rings is 2. The van der Waals surface area contributed by atoms with Crippen LogP contribution in [0.4, 0.5) is 20.3 Å². The standard InChI is InChI=1S/C51H59F2N11O5/c1-3-5-42(49(67)56-35-65)36-6-10-40(11-7-36)61-24-20-59(21-25-61)17-14-47(66)63-26-22-60(23-27-63)34-51(58-50(68)44-28-39(52)9-12-45(44)53)15-18-62(19-16-51)46-13-8-37(31-55-46)43-29-41(69-4-2)33-64-48(43)38(30-54)32-57-64/h6-13,28-29,31-33,35,42H,3-5,14-27,34H2,1-2H3,(H,58,68)(H,56,65,67). The van der Waals surface area contributed by atoms with Crippen LogP contribution in [0.3, 0.4) is 0 Å². The zero-order valence-corrected chi connectivity index (χ0v) is 39.2. The van der Waals surface area contributed by atoms with Crippen LogP contribution in [0.2, 0.25) is 0 Å². The van der Waals surface area contributed by atoms with E-state index in [0.29, 0.717) is 108 Å². The number of piperidine rings is 1. The fourth-order valence-electron chi connectivity index (χ4n) is 9.88. The van der Waals surface area contributed by atoms with E-state index >= 15 is 0 Å². The Kier molecular flexibility index (Phi) is 15.4. The molecular weight excluding hydrogens is 885 g/mol. The molecule has 16 nitrogen and oxygen atoms in total. The first kappa shape index (κ1) is 48.5. The topological polar surface area (TPSA) is 172 Å². The third-order valence-corrected chi connectivity index (χ3v) is 13.7. The molecular formula is C51H59F2N11O5. The van der Waals surface area contributed by atoms with Crippen LogP contribution in [0.25, 0.3) is 16.6 Å². The summed E-state index contributed by atoms with van der Waals surface area (Å²) in [6, 6.07) is 18.9. The van der Waals surface area contributed by atoms with Gasteiger partial charge in [0.05, 0.1) is 47.1 Å². The molecule has 1 unspecified atom stereocenters. The number of imide groups is 1. The predicted molar refractivity (Wildman–Crippen MR) is 257 cm³/mol. The molecule has 5 aromatic rings. The zero-order valence-electron chi connectivity index (χ0n) is 39.2. The molecule has 6 heterocycles. The van der Waals surface area contributed by atoms with Crippen LogP contribution in [0.5, 0.6) is 5.75 Å². The van der Waals surface area contributed by atoms with E-state index in [1.807, 2.05) is 61.2 Å². The largest absolute Gasteiger partial charge is 0.492 e. The van der Waals surface area contributed by atoms with Crippen molar-refractivity contribution in [3.63, 3.8) is 0 Å². The van der Waals surface area contributed by atoms with Gasteiger partial charge in [0.15, 0.2) is 0 Å². The van der Waals surface area contributed by atoms with Crippen LogP contribution >= 0.6 is 0 Å². The highest BCUT2D eigenvalue weighted by atomic mass is 19.1. The van der Waals surface area contributed by atoms with E-state index in [1.165, 1.54) is 6.20 Å². The Morgan fingerprint density at radius 1 is 0.884 bits per heavy atom. The molecule has 0 radical (unpaired) electrons. The second-order valence-corrected chi connectivity index (χ2v) is 18.0. The first-order valence-electron chi connectivity index (χ1n) is 23.8. The Morgan fingerprint density at radius 3 is 2.29 bits per heavy atom. The van der Waals surface area contributed by atoms with Crippen molar-refractivity contribution in [2.75, 3.05) is 94.9 Å². The summed E-state index contributed by atoms with van der Waals surface area (Å²) in [4.78, 5) is 66.3. The SMILES string of the molecule is CCCC(C(=O)NC=O)c1ccc(N2CCN(CCC(=O)N3CCN(CC4(NC(=O)c5cc(F)ccc5F)CCN(c5ccc(-c6cc(OCC)cn7ncc(C#N)c67)cn5)CC4)CC3)CC2)cc1. The molecule has 0 aliphatic carbocycles. The second-order valence-electron chi connectivity index (χ2n) is 18.0. The van der Waals surface area contributed by atoms with Crippen LogP contribution < -0.4 is 25.2 Å². The summed E-state index contributed by atoms with van der Waals surface area (Å²) < 4.78 is 36.6. The van der Waals surface area contributed by atoms with Crippen molar-refractivity contribution in [2.45, 2.75) is 57.4 Å². The monoisotopic (exact) mass is 943 g/mol. The van der Waals surface area contributed by atoms with Gasteiger partial charge in [-0.15, -0.1) is 0 Å². The van der Waals surface area contributed by atoms with Crippen molar-refractivity contribution >= 4 is 41.2 Å².